The fraction of sp³-hybridized carbons (Fsp3) is 0.250. The highest BCUT2D eigenvalue weighted by Crippen LogP contribution is 2.23. The lowest BCUT2D eigenvalue weighted by Gasteiger charge is -2.30. The van der Waals surface area contributed by atoms with Crippen LogP contribution in [0, 0.1) is 12.7 Å². The van der Waals surface area contributed by atoms with Crippen LogP contribution in [0.4, 0.5) is 9.18 Å². The van der Waals surface area contributed by atoms with Gasteiger partial charge in [0.2, 0.25) is 19.9 Å². The van der Waals surface area contributed by atoms with Crippen molar-refractivity contribution in [3.63, 3.8) is 0 Å². The molecule has 1 saturated heterocycles. The van der Waals surface area contributed by atoms with Crippen molar-refractivity contribution in [2.45, 2.75) is 35.6 Å². The van der Waals surface area contributed by atoms with Crippen LogP contribution < -0.4 is 4.72 Å². The number of benzene rings is 3. The molecule has 208 valence electrons. The van der Waals surface area contributed by atoms with Crippen molar-refractivity contribution in [3.05, 3.63) is 102 Å². The first kappa shape index (κ1) is 30.0. The largest absolute Gasteiger partial charge is 0.465 e. The number of rotatable bonds is 7. The zero-order chi connectivity index (χ0) is 28.5. The summed E-state index contributed by atoms with van der Waals surface area (Å²) in [6.07, 6.45) is 2.93. The Balaban J connectivity index is 0.000000520. The van der Waals surface area contributed by atoms with E-state index in [-0.39, 0.29) is 27.4 Å². The summed E-state index contributed by atoms with van der Waals surface area (Å²) in [5, 5.41) is 8.98. The van der Waals surface area contributed by atoms with E-state index in [0.29, 0.717) is 31.5 Å². The van der Waals surface area contributed by atoms with Gasteiger partial charge in [-0.15, -0.1) is 0 Å². The number of likely N-dealkylation sites (tertiary alicyclic amines) is 1. The first-order valence-electron chi connectivity index (χ1n) is 12.2. The molecule has 8 nitrogen and oxygen atoms in total. The van der Waals surface area contributed by atoms with Gasteiger partial charge in [-0.2, -0.15) is 0 Å². The molecule has 0 unspecified atom stereocenters. The van der Waals surface area contributed by atoms with Crippen LogP contribution in [-0.2, 0) is 19.9 Å². The predicted octanol–water partition coefficient (Wildman–Crippen LogP) is 4.73. The molecule has 1 fully saturated rings. The number of nitrogens with one attached hydrogen (secondary N) is 1. The SMILES string of the molecule is Cc1ccc(S(=O)(=O)c2ccccc2)cc1C=CCS(=O)(=O)NC1CCN(C(=O)O)CC1.Fc1ccccc1. The maximum absolute atomic E-state index is 12.8. The summed E-state index contributed by atoms with van der Waals surface area (Å²) < 4.78 is 65.0. The van der Waals surface area contributed by atoms with Gasteiger partial charge in [0, 0.05) is 19.1 Å². The summed E-state index contributed by atoms with van der Waals surface area (Å²) >= 11 is 0. The number of piperidine rings is 1. The number of carboxylic acid groups (broad SMARTS) is 1. The van der Waals surface area contributed by atoms with E-state index in [0.717, 1.165) is 5.56 Å². The Bertz CT molecular complexity index is 1490. The minimum atomic E-state index is -3.67. The quantitative estimate of drug-likeness (QED) is 0.421. The summed E-state index contributed by atoms with van der Waals surface area (Å²) in [6.45, 7) is 2.40. The van der Waals surface area contributed by atoms with Crippen LogP contribution in [0.5, 0.6) is 0 Å². The first-order valence-corrected chi connectivity index (χ1v) is 15.4. The second kappa shape index (κ2) is 13.5. The molecule has 0 radical (unpaired) electrons. The van der Waals surface area contributed by atoms with Crippen molar-refractivity contribution in [2.75, 3.05) is 18.8 Å². The van der Waals surface area contributed by atoms with Crippen molar-refractivity contribution in [1.82, 2.24) is 9.62 Å². The third-order valence-electron chi connectivity index (χ3n) is 6.07. The van der Waals surface area contributed by atoms with Crippen LogP contribution in [0.3, 0.4) is 0 Å². The molecular formula is C28H31FN2O6S2. The molecule has 3 aromatic carbocycles. The van der Waals surface area contributed by atoms with Crippen molar-refractivity contribution in [3.8, 4) is 0 Å². The van der Waals surface area contributed by atoms with Gasteiger partial charge in [-0.3, -0.25) is 0 Å². The number of hydrogen-bond donors (Lipinski definition) is 2. The van der Waals surface area contributed by atoms with Crippen molar-refractivity contribution < 1.29 is 31.1 Å². The van der Waals surface area contributed by atoms with Gasteiger partial charge in [-0.05, 0) is 67.3 Å². The molecule has 1 amide bonds. The number of aryl methyl sites for hydroxylation is 1. The van der Waals surface area contributed by atoms with E-state index in [2.05, 4.69) is 4.72 Å². The van der Waals surface area contributed by atoms with Gasteiger partial charge in [0.25, 0.3) is 0 Å². The molecular weight excluding hydrogens is 543 g/mol. The fourth-order valence-electron chi connectivity index (χ4n) is 3.91. The second-order valence-electron chi connectivity index (χ2n) is 8.98. The number of hydrogen-bond acceptors (Lipinski definition) is 5. The molecule has 39 heavy (non-hydrogen) atoms. The van der Waals surface area contributed by atoms with Crippen molar-refractivity contribution in [2.24, 2.45) is 0 Å². The van der Waals surface area contributed by atoms with Gasteiger partial charge >= 0.3 is 6.09 Å². The molecule has 0 spiro atoms. The van der Waals surface area contributed by atoms with E-state index in [9.17, 15) is 26.0 Å². The smallest absolute Gasteiger partial charge is 0.407 e. The molecule has 3 aromatic rings. The monoisotopic (exact) mass is 574 g/mol. The van der Waals surface area contributed by atoms with Crippen LogP contribution in [-0.4, -0.2) is 57.8 Å². The minimum absolute atomic E-state index is 0.139. The number of sulfone groups is 1. The number of amides is 1. The van der Waals surface area contributed by atoms with Crippen LogP contribution in [0.2, 0.25) is 0 Å². The summed E-state index contributed by atoms with van der Waals surface area (Å²) in [4.78, 5) is 12.6. The Hall–Kier alpha value is -3.54. The molecule has 2 N–H and O–H groups in total. The Labute approximate surface area is 228 Å². The Morgan fingerprint density at radius 2 is 1.54 bits per heavy atom. The van der Waals surface area contributed by atoms with E-state index >= 15 is 0 Å². The lowest BCUT2D eigenvalue weighted by molar-refractivity contribution is 0.131. The summed E-state index contributed by atoms with van der Waals surface area (Å²) in [6, 6.07) is 20.5. The van der Waals surface area contributed by atoms with Gasteiger partial charge in [0.05, 0.1) is 15.5 Å². The average molecular weight is 575 g/mol. The molecule has 0 atom stereocenters. The molecule has 1 aliphatic heterocycles. The van der Waals surface area contributed by atoms with Gasteiger partial charge in [0.15, 0.2) is 0 Å². The third-order valence-corrected chi connectivity index (χ3v) is 9.16. The number of halogens is 1. The number of sulfonamides is 1. The van der Waals surface area contributed by atoms with Crippen LogP contribution in [0.25, 0.3) is 6.08 Å². The molecule has 4 rings (SSSR count). The summed E-state index contributed by atoms with van der Waals surface area (Å²) in [5.74, 6) is -0.441. The van der Waals surface area contributed by atoms with Gasteiger partial charge in [-0.1, -0.05) is 54.6 Å². The zero-order valence-corrected chi connectivity index (χ0v) is 23.0. The molecule has 0 aromatic heterocycles. The van der Waals surface area contributed by atoms with E-state index in [1.54, 1.807) is 48.5 Å². The van der Waals surface area contributed by atoms with Crippen LogP contribution >= 0.6 is 0 Å². The molecule has 0 saturated carbocycles. The number of nitrogens with zero attached hydrogens (tertiary/aromatic N) is 1. The highest BCUT2D eigenvalue weighted by atomic mass is 32.2. The maximum atomic E-state index is 12.8. The highest BCUT2D eigenvalue weighted by molar-refractivity contribution is 7.91. The topological polar surface area (TPSA) is 121 Å². The normalized spacial score (nSPS) is 14.6. The zero-order valence-electron chi connectivity index (χ0n) is 21.4. The van der Waals surface area contributed by atoms with E-state index < -0.39 is 26.0 Å². The first-order chi connectivity index (χ1) is 18.5. The average Bonchev–Trinajstić information content (AvgIpc) is 2.91. The van der Waals surface area contributed by atoms with Crippen LogP contribution in [0.15, 0.2) is 94.7 Å². The van der Waals surface area contributed by atoms with Crippen molar-refractivity contribution >= 4 is 32.0 Å². The lowest BCUT2D eigenvalue weighted by Crippen LogP contribution is -2.46. The predicted molar refractivity (Wildman–Crippen MR) is 148 cm³/mol. The summed E-state index contributed by atoms with van der Waals surface area (Å²) in [5.41, 5.74) is 1.44. The van der Waals surface area contributed by atoms with E-state index in [4.69, 9.17) is 5.11 Å². The standard InChI is InChI=1S/C22H26N2O6S2.C6H5F/c1-17-9-10-21(32(29,30)20-7-3-2-4-8-20)16-18(17)6-5-15-31(27,28)23-19-11-13-24(14-12-19)22(25)26;7-6-4-2-1-3-5-6/h2-10,16,19,23H,11-15H2,1H3,(H,25,26);1-5H. The maximum Gasteiger partial charge on any atom is 0.407 e. The van der Waals surface area contributed by atoms with E-state index in [1.165, 1.54) is 47.4 Å². The minimum Gasteiger partial charge on any atom is -0.465 e. The second-order valence-corrected chi connectivity index (χ2v) is 12.7. The number of carbonyl (C=O) groups is 1. The Kier molecular flexibility index (Phi) is 10.4. The highest BCUT2D eigenvalue weighted by Gasteiger charge is 2.25. The molecule has 1 heterocycles. The fourth-order valence-corrected chi connectivity index (χ4v) is 6.41. The van der Waals surface area contributed by atoms with Crippen molar-refractivity contribution in [1.29, 1.82) is 0 Å². The third kappa shape index (κ3) is 9.02. The molecule has 0 aliphatic carbocycles. The van der Waals surface area contributed by atoms with E-state index in [1.807, 2.05) is 6.92 Å². The van der Waals surface area contributed by atoms with Gasteiger partial charge in [-0.25, -0.2) is 30.7 Å². The van der Waals surface area contributed by atoms with Crippen LogP contribution in [0.1, 0.15) is 24.0 Å². The Morgan fingerprint density at radius 3 is 2.08 bits per heavy atom. The molecule has 1 aliphatic rings. The Morgan fingerprint density at radius 1 is 0.949 bits per heavy atom. The molecule has 11 heteroatoms. The molecule has 0 bridgehead atoms. The summed E-state index contributed by atoms with van der Waals surface area (Å²) in [7, 11) is -7.28. The van der Waals surface area contributed by atoms with Gasteiger partial charge < -0.3 is 10.0 Å². The lowest BCUT2D eigenvalue weighted by atomic mass is 10.1. The van der Waals surface area contributed by atoms with Gasteiger partial charge in [0.1, 0.15) is 5.82 Å².